The minimum Gasteiger partial charge on any atom is -0.377 e. The molecule has 1 heterocycles. The molecule has 0 unspecified atom stereocenters. The smallest absolute Gasteiger partial charge is 0.279 e. The number of nitrogens with one attached hydrogen (secondary N) is 1. The molecule has 0 saturated carbocycles. The summed E-state index contributed by atoms with van der Waals surface area (Å²) < 4.78 is 34.5. The van der Waals surface area contributed by atoms with Crippen molar-refractivity contribution in [2.24, 2.45) is 5.92 Å². The van der Waals surface area contributed by atoms with Crippen LogP contribution in [0.2, 0.25) is 0 Å². The molecule has 0 radical (unpaired) electrons. The van der Waals surface area contributed by atoms with E-state index in [4.69, 9.17) is 4.74 Å². The molecule has 0 bridgehead atoms. The van der Waals surface area contributed by atoms with Crippen molar-refractivity contribution >= 4 is 10.2 Å². The molecule has 1 aliphatic heterocycles. The van der Waals surface area contributed by atoms with E-state index in [1.807, 2.05) is 31.2 Å². The lowest BCUT2D eigenvalue weighted by molar-refractivity contribution is 0.133. The molecule has 1 N–H and O–H groups in total. The summed E-state index contributed by atoms with van der Waals surface area (Å²) in [7, 11) is -3.41. The Kier molecular flexibility index (Phi) is 6.37. The summed E-state index contributed by atoms with van der Waals surface area (Å²) in [5, 5.41) is 0. The number of piperidine rings is 1. The number of ether oxygens (including phenoxy) is 1. The number of hydrogen-bond donors (Lipinski definition) is 1. The summed E-state index contributed by atoms with van der Waals surface area (Å²) in [6.45, 7) is 6.72. The van der Waals surface area contributed by atoms with E-state index in [2.05, 4.69) is 11.6 Å². The standard InChI is InChI=1S/C16H26N2O3S/c1-3-21-13-16-9-5-4-8-15(16)11-17-22(19,20)18-10-6-7-14(2)12-18/h4-5,8-9,14,17H,3,6-7,10-13H2,1-2H3/t14-/m0/s1. The lowest BCUT2D eigenvalue weighted by Crippen LogP contribution is -2.45. The van der Waals surface area contributed by atoms with Gasteiger partial charge < -0.3 is 4.74 Å². The molecule has 0 aromatic heterocycles. The molecule has 1 atom stereocenters. The average Bonchev–Trinajstić information content (AvgIpc) is 2.52. The van der Waals surface area contributed by atoms with Crippen molar-refractivity contribution in [1.82, 2.24) is 9.03 Å². The molecule has 1 saturated heterocycles. The van der Waals surface area contributed by atoms with Crippen molar-refractivity contribution < 1.29 is 13.2 Å². The van der Waals surface area contributed by atoms with Crippen molar-refractivity contribution in [2.45, 2.75) is 39.8 Å². The van der Waals surface area contributed by atoms with Crippen LogP contribution in [-0.2, 0) is 28.1 Å². The Hall–Kier alpha value is -0.950. The third-order valence-electron chi connectivity index (χ3n) is 3.98. The average molecular weight is 326 g/mol. The highest BCUT2D eigenvalue weighted by molar-refractivity contribution is 7.87. The highest BCUT2D eigenvalue weighted by atomic mass is 32.2. The van der Waals surface area contributed by atoms with E-state index in [-0.39, 0.29) is 0 Å². The first-order valence-electron chi connectivity index (χ1n) is 7.92. The Bertz CT molecular complexity index is 575. The van der Waals surface area contributed by atoms with Gasteiger partial charge >= 0.3 is 0 Å². The lowest BCUT2D eigenvalue weighted by atomic mass is 10.0. The Morgan fingerprint density at radius 3 is 2.73 bits per heavy atom. The third-order valence-corrected chi connectivity index (χ3v) is 5.51. The zero-order valence-corrected chi connectivity index (χ0v) is 14.2. The van der Waals surface area contributed by atoms with Crippen LogP contribution in [0.25, 0.3) is 0 Å². The zero-order valence-electron chi connectivity index (χ0n) is 13.4. The molecular weight excluding hydrogens is 300 g/mol. The lowest BCUT2D eigenvalue weighted by Gasteiger charge is -2.30. The van der Waals surface area contributed by atoms with Crippen molar-refractivity contribution in [3.05, 3.63) is 35.4 Å². The first-order chi connectivity index (χ1) is 10.5. The van der Waals surface area contributed by atoms with Crippen molar-refractivity contribution in [3.63, 3.8) is 0 Å². The first-order valence-corrected chi connectivity index (χ1v) is 9.36. The van der Waals surface area contributed by atoms with E-state index in [9.17, 15) is 8.42 Å². The highest BCUT2D eigenvalue weighted by Crippen LogP contribution is 2.18. The Balaban J connectivity index is 1.99. The monoisotopic (exact) mass is 326 g/mol. The number of nitrogens with zero attached hydrogens (tertiary/aromatic N) is 1. The van der Waals surface area contributed by atoms with E-state index in [1.165, 1.54) is 0 Å². The zero-order chi connectivity index (χ0) is 16.0. The largest absolute Gasteiger partial charge is 0.377 e. The maximum Gasteiger partial charge on any atom is 0.279 e. The molecule has 1 aliphatic rings. The fraction of sp³-hybridized carbons (Fsp3) is 0.625. The minimum absolute atomic E-state index is 0.302. The van der Waals surface area contributed by atoms with Crippen LogP contribution in [0.15, 0.2) is 24.3 Å². The molecule has 22 heavy (non-hydrogen) atoms. The summed E-state index contributed by atoms with van der Waals surface area (Å²) in [5.74, 6) is 0.426. The summed E-state index contributed by atoms with van der Waals surface area (Å²) in [4.78, 5) is 0. The molecular formula is C16H26N2O3S. The van der Waals surface area contributed by atoms with Crippen LogP contribution in [-0.4, -0.2) is 32.4 Å². The van der Waals surface area contributed by atoms with E-state index in [0.717, 1.165) is 24.0 Å². The first kappa shape index (κ1) is 17.4. The molecule has 124 valence electrons. The van der Waals surface area contributed by atoms with E-state index in [1.54, 1.807) is 4.31 Å². The molecule has 1 aromatic carbocycles. The molecule has 5 nitrogen and oxygen atoms in total. The topological polar surface area (TPSA) is 58.6 Å². The second-order valence-electron chi connectivity index (χ2n) is 5.84. The Morgan fingerprint density at radius 1 is 1.32 bits per heavy atom. The maximum atomic E-state index is 12.4. The molecule has 1 aromatic rings. The SMILES string of the molecule is CCOCc1ccccc1CNS(=O)(=O)N1CCC[C@H](C)C1. The fourth-order valence-electron chi connectivity index (χ4n) is 2.71. The van der Waals surface area contributed by atoms with Crippen LogP contribution < -0.4 is 4.72 Å². The van der Waals surface area contributed by atoms with Gasteiger partial charge in [-0.1, -0.05) is 31.2 Å². The van der Waals surface area contributed by atoms with E-state index >= 15 is 0 Å². The van der Waals surface area contributed by atoms with Gasteiger partial charge in [-0.15, -0.1) is 0 Å². The minimum atomic E-state index is -3.41. The van der Waals surface area contributed by atoms with Gasteiger partial charge in [-0.2, -0.15) is 17.4 Å². The number of benzene rings is 1. The molecule has 0 aliphatic carbocycles. The summed E-state index contributed by atoms with van der Waals surface area (Å²) in [6, 6.07) is 7.78. The molecule has 2 rings (SSSR count). The van der Waals surface area contributed by atoms with Crippen LogP contribution in [0.3, 0.4) is 0 Å². The van der Waals surface area contributed by atoms with Gasteiger partial charge in [0.1, 0.15) is 0 Å². The molecule has 6 heteroatoms. The van der Waals surface area contributed by atoms with Crippen LogP contribution in [0, 0.1) is 5.92 Å². The second kappa shape index (κ2) is 8.06. The van der Waals surface area contributed by atoms with Gasteiger partial charge in [0.15, 0.2) is 0 Å². The second-order valence-corrected chi connectivity index (χ2v) is 7.59. The summed E-state index contributed by atoms with van der Waals surface area (Å²) in [6.07, 6.45) is 2.03. The molecule has 1 fully saturated rings. The molecule has 0 amide bonds. The van der Waals surface area contributed by atoms with E-state index in [0.29, 0.717) is 38.8 Å². The van der Waals surface area contributed by atoms with Gasteiger partial charge in [-0.05, 0) is 36.8 Å². The number of hydrogen-bond acceptors (Lipinski definition) is 3. The third kappa shape index (κ3) is 4.78. The summed E-state index contributed by atoms with van der Waals surface area (Å²) >= 11 is 0. The van der Waals surface area contributed by atoms with Gasteiger partial charge in [0.25, 0.3) is 10.2 Å². The van der Waals surface area contributed by atoms with Gasteiger partial charge in [0, 0.05) is 26.2 Å². The van der Waals surface area contributed by atoms with Crippen LogP contribution >= 0.6 is 0 Å². The van der Waals surface area contributed by atoms with Crippen LogP contribution in [0.1, 0.15) is 37.8 Å². The van der Waals surface area contributed by atoms with Gasteiger partial charge in [0.05, 0.1) is 6.61 Å². The Morgan fingerprint density at radius 2 is 2.05 bits per heavy atom. The quantitative estimate of drug-likeness (QED) is 0.836. The highest BCUT2D eigenvalue weighted by Gasteiger charge is 2.26. The molecule has 0 spiro atoms. The predicted octanol–water partition coefficient (Wildman–Crippen LogP) is 2.29. The van der Waals surface area contributed by atoms with Crippen molar-refractivity contribution in [2.75, 3.05) is 19.7 Å². The maximum absolute atomic E-state index is 12.4. The predicted molar refractivity (Wildman–Crippen MR) is 87.5 cm³/mol. The van der Waals surface area contributed by atoms with Crippen molar-refractivity contribution in [3.8, 4) is 0 Å². The normalized spacial score (nSPS) is 20.2. The van der Waals surface area contributed by atoms with Crippen molar-refractivity contribution in [1.29, 1.82) is 0 Å². The number of rotatable bonds is 7. The van der Waals surface area contributed by atoms with E-state index < -0.39 is 10.2 Å². The van der Waals surface area contributed by atoms with Gasteiger partial charge in [0.2, 0.25) is 0 Å². The van der Waals surface area contributed by atoms with Gasteiger partial charge in [-0.25, -0.2) is 0 Å². The van der Waals surface area contributed by atoms with Crippen LogP contribution in [0.4, 0.5) is 0 Å². The van der Waals surface area contributed by atoms with Gasteiger partial charge in [-0.3, -0.25) is 0 Å². The Labute approximate surface area is 133 Å². The fourth-order valence-corrected chi connectivity index (χ4v) is 4.05. The summed E-state index contributed by atoms with van der Waals surface area (Å²) in [5.41, 5.74) is 1.99. The van der Waals surface area contributed by atoms with Crippen LogP contribution in [0.5, 0.6) is 0 Å².